The van der Waals surface area contributed by atoms with Crippen molar-refractivity contribution in [1.29, 1.82) is 0 Å². The van der Waals surface area contributed by atoms with Gasteiger partial charge in [0.1, 0.15) is 17.3 Å². The van der Waals surface area contributed by atoms with Gasteiger partial charge in [-0.15, -0.1) is 0 Å². The molecule has 0 bridgehead atoms. The fraction of sp³-hybridized carbons (Fsp3) is 0.250. The second kappa shape index (κ2) is 7.39. The van der Waals surface area contributed by atoms with Crippen molar-refractivity contribution in [3.63, 3.8) is 0 Å². The van der Waals surface area contributed by atoms with Crippen molar-refractivity contribution in [2.75, 3.05) is 25.1 Å². The molecule has 4 rings (SSSR count). The zero-order chi connectivity index (χ0) is 17.8. The highest BCUT2D eigenvalue weighted by molar-refractivity contribution is 5.62. The van der Waals surface area contributed by atoms with Gasteiger partial charge in [-0.05, 0) is 49.2 Å². The van der Waals surface area contributed by atoms with Gasteiger partial charge in [0.05, 0.1) is 7.11 Å². The Morgan fingerprint density at radius 1 is 0.769 bits per heavy atom. The monoisotopic (exact) mass is 348 g/mol. The lowest BCUT2D eigenvalue weighted by Crippen LogP contribution is -2.18. The number of hydrogen-bond donors (Lipinski definition) is 0. The highest BCUT2D eigenvalue weighted by atomic mass is 16.5. The van der Waals surface area contributed by atoms with Crippen molar-refractivity contribution in [3.05, 3.63) is 55.0 Å². The first-order valence-corrected chi connectivity index (χ1v) is 8.67. The summed E-state index contributed by atoms with van der Waals surface area (Å²) >= 11 is 0. The van der Waals surface area contributed by atoms with E-state index in [0.29, 0.717) is 11.8 Å². The highest BCUT2D eigenvalue weighted by Gasteiger charge is 2.13. The van der Waals surface area contributed by atoms with E-state index in [4.69, 9.17) is 9.47 Å². The minimum absolute atomic E-state index is 0.306. The summed E-state index contributed by atoms with van der Waals surface area (Å²) in [4.78, 5) is 15.5. The number of anilines is 1. The Labute approximate surface area is 152 Å². The van der Waals surface area contributed by atoms with E-state index < -0.39 is 0 Å². The number of rotatable bonds is 5. The summed E-state index contributed by atoms with van der Waals surface area (Å²) in [5.41, 5.74) is 1.90. The molecule has 0 radical (unpaired) electrons. The number of benzene rings is 1. The quantitative estimate of drug-likeness (QED) is 0.696. The largest absolute Gasteiger partial charge is 0.497 e. The molecule has 1 aliphatic rings. The third kappa shape index (κ3) is 3.59. The molecule has 26 heavy (non-hydrogen) atoms. The fourth-order valence-electron chi connectivity index (χ4n) is 2.96. The molecule has 3 heterocycles. The number of pyridine rings is 1. The second-order valence-electron chi connectivity index (χ2n) is 6.13. The first-order valence-electron chi connectivity index (χ1n) is 8.67. The van der Waals surface area contributed by atoms with E-state index in [1.54, 1.807) is 19.5 Å². The number of ether oxygens (including phenoxy) is 2. The van der Waals surface area contributed by atoms with Crippen LogP contribution in [0.4, 0.5) is 5.82 Å². The van der Waals surface area contributed by atoms with Gasteiger partial charge < -0.3 is 14.4 Å². The van der Waals surface area contributed by atoms with Crippen molar-refractivity contribution < 1.29 is 9.47 Å². The van der Waals surface area contributed by atoms with Crippen LogP contribution in [-0.4, -0.2) is 35.2 Å². The van der Waals surface area contributed by atoms with Crippen LogP contribution in [0.3, 0.4) is 0 Å². The van der Waals surface area contributed by atoms with Crippen LogP contribution in [0.1, 0.15) is 12.8 Å². The number of methoxy groups -OCH3 is 1. The van der Waals surface area contributed by atoms with E-state index in [2.05, 4.69) is 32.0 Å². The number of nitrogens with zero attached hydrogens (tertiary/aromatic N) is 4. The molecule has 0 unspecified atom stereocenters. The predicted molar refractivity (Wildman–Crippen MR) is 99.8 cm³/mol. The van der Waals surface area contributed by atoms with Crippen molar-refractivity contribution in [1.82, 2.24) is 15.0 Å². The fourth-order valence-corrected chi connectivity index (χ4v) is 2.96. The Morgan fingerprint density at radius 2 is 1.42 bits per heavy atom. The van der Waals surface area contributed by atoms with Gasteiger partial charge >= 0.3 is 6.01 Å². The van der Waals surface area contributed by atoms with Crippen molar-refractivity contribution >= 4 is 5.82 Å². The summed E-state index contributed by atoms with van der Waals surface area (Å²) in [6.07, 6.45) is 7.85. The molecule has 6 nitrogen and oxygen atoms in total. The molecule has 132 valence electrons. The van der Waals surface area contributed by atoms with Crippen LogP contribution in [0.5, 0.6) is 17.5 Å². The minimum Gasteiger partial charge on any atom is -0.497 e. The Kier molecular flexibility index (Phi) is 4.64. The summed E-state index contributed by atoms with van der Waals surface area (Å²) in [6, 6.07) is 11.7. The summed E-state index contributed by atoms with van der Waals surface area (Å²) in [7, 11) is 1.63. The third-order valence-electron chi connectivity index (χ3n) is 4.41. The Bertz CT molecular complexity index is 842. The molecule has 6 heteroatoms. The Morgan fingerprint density at radius 3 is 2.04 bits per heavy atom. The van der Waals surface area contributed by atoms with E-state index in [-0.39, 0.29) is 0 Å². The smallest absolute Gasteiger partial charge is 0.321 e. The van der Waals surface area contributed by atoms with Crippen LogP contribution in [0.25, 0.3) is 11.1 Å². The lowest BCUT2D eigenvalue weighted by atomic mass is 10.1. The molecule has 0 N–H and O–H groups in total. The van der Waals surface area contributed by atoms with Gasteiger partial charge in [-0.3, -0.25) is 0 Å². The van der Waals surface area contributed by atoms with Gasteiger partial charge in [0.2, 0.25) is 0 Å². The number of hydrogen-bond acceptors (Lipinski definition) is 6. The van der Waals surface area contributed by atoms with Crippen LogP contribution in [-0.2, 0) is 0 Å². The molecule has 1 saturated heterocycles. The zero-order valence-corrected chi connectivity index (χ0v) is 14.6. The lowest BCUT2D eigenvalue weighted by Gasteiger charge is -2.16. The summed E-state index contributed by atoms with van der Waals surface area (Å²) in [5, 5.41) is 0. The van der Waals surface area contributed by atoms with Crippen molar-refractivity contribution in [2.24, 2.45) is 0 Å². The second-order valence-corrected chi connectivity index (χ2v) is 6.13. The zero-order valence-electron chi connectivity index (χ0n) is 14.6. The standard InChI is InChI=1S/C20H20N4O2/c1-25-17-5-7-18(8-6-17)26-20-22-13-16(14-23-20)15-4-9-19(21-12-15)24-10-2-3-11-24/h4-9,12-14H,2-3,10-11H2,1H3. The molecule has 0 atom stereocenters. The molecule has 0 aliphatic carbocycles. The van der Waals surface area contributed by atoms with Crippen LogP contribution in [0, 0.1) is 0 Å². The van der Waals surface area contributed by atoms with E-state index >= 15 is 0 Å². The summed E-state index contributed by atoms with van der Waals surface area (Å²) in [6.45, 7) is 2.18. The molecule has 3 aromatic rings. The maximum absolute atomic E-state index is 5.66. The van der Waals surface area contributed by atoms with Crippen LogP contribution < -0.4 is 14.4 Å². The van der Waals surface area contributed by atoms with E-state index in [1.165, 1.54) is 12.8 Å². The van der Waals surface area contributed by atoms with Crippen LogP contribution in [0.2, 0.25) is 0 Å². The number of aromatic nitrogens is 3. The van der Waals surface area contributed by atoms with Gasteiger partial charge in [-0.2, -0.15) is 0 Å². The summed E-state index contributed by atoms with van der Waals surface area (Å²) < 4.78 is 10.8. The minimum atomic E-state index is 0.306. The highest BCUT2D eigenvalue weighted by Crippen LogP contribution is 2.24. The molecule has 0 saturated carbocycles. The molecule has 1 aliphatic heterocycles. The molecule has 0 amide bonds. The average molecular weight is 348 g/mol. The predicted octanol–water partition coefficient (Wildman–Crippen LogP) is 3.94. The molecule has 1 aromatic carbocycles. The van der Waals surface area contributed by atoms with Crippen molar-refractivity contribution in [3.8, 4) is 28.6 Å². The maximum Gasteiger partial charge on any atom is 0.321 e. The van der Waals surface area contributed by atoms with E-state index in [0.717, 1.165) is 35.8 Å². The molecule has 0 spiro atoms. The van der Waals surface area contributed by atoms with Crippen LogP contribution >= 0.6 is 0 Å². The SMILES string of the molecule is COc1ccc(Oc2ncc(-c3ccc(N4CCCC4)nc3)cn2)cc1. The van der Waals surface area contributed by atoms with E-state index in [1.807, 2.05) is 30.5 Å². The maximum atomic E-state index is 5.66. The molecular formula is C20H20N4O2. The van der Waals surface area contributed by atoms with E-state index in [9.17, 15) is 0 Å². The topological polar surface area (TPSA) is 60.4 Å². The first-order chi connectivity index (χ1) is 12.8. The summed E-state index contributed by atoms with van der Waals surface area (Å²) in [5.74, 6) is 2.47. The van der Waals surface area contributed by atoms with Gasteiger partial charge in [0.15, 0.2) is 0 Å². The van der Waals surface area contributed by atoms with Gasteiger partial charge in [-0.1, -0.05) is 0 Å². The Hall–Kier alpha value is -3.15. The van der Waals surface area contributed by atoms with Crippen LogP contribution in [0.15, 0.2) is 55.0 Å². The third-order valence-corrected chi connectivity index (χ3v) is 4.41. The molecule has 1 fully saturated rings. The average Bonchev–Trinajstić information content (AvgIpc) is 3.24. The first kappa shape index (κ1) is 16.3. The van der Waals surface area contributed by atoms with Gasteiger partial charge in [-0.25, -0.2) is 15.0 Å². The normalized spacial score (nSPS) is 13.7. The van der Waals surface area contributed by atoms with Crippen molar-refractivity contribution in [2.45, 2.75) is 12.8 Å². The van der Waals surface area contributed by atoms with Gasteiger partial charge in [0.25, 0.3) is 0 Å². The molecule has 2 aromatic heterocycles. The van der Waals surface area contributed by atoms with Gasteiger partial charge in [0, 0.05) is 42.8 Å². The molecular weight excluding hydrogens is 328 g/mol. The lowest BCUT2D eigenvalue weighted by molar-refractivity contribution is 0.410. The Balaban J connectivity index is 1.44.